The second-order valence-electron chi connectivity index (χ2n) is 6.11. The van der Waals surface area contributed by atoms with Gasteiger partial charge < -0.3 is 4.74 Å². The van der Waals surface area contributed by atoms with Crippen LogP contribution in [-0.4, -0.2) is 26.6 Å². The van der Waals surface area contributed by atoms with Crippen molar-refractivity contribution in [2.45, 2.75) is 20.3 Å². The van der Waals surface area contributed by atoms with Gasteiger partial charge in [-0.2, -0.15) is 5.26 Å². The SMILES string of the molecule is CC(C)CCOc1ccc(-n2cc(-c3ccncc3)nn2)cc1C#N. The summed E-state index contributed by atoms with van der Waals surface area (Å²) >= 11 is 0. The van der Waals surface area contributed by atoms with E-state index >= 15 is 0 Å². The quantitative estimate of drug-likeness (QED) is 0.688. The average molecular weight is 333 g/mol. The Bertz CT molecular complexity index is 880. The van der Waals surface area contributed by atoms with Gasteiger partial charge in [-0.1, -0.05) is 19.1 Å². The van der Waals surface area contributed by atoms with Crippen LogP contribution in [0.1, 0.15) is 25.8 Å². The van der Waals surface area contributed by atoms with E-state index in [0.29, 0.717) is 23.8 Å². The van der Waals surface area contributed by atoms with Crippen molar-refractivity contribution in [3.63, 3.8) is 0 Å². The number of nitrogens with zero attached hydrogens (tertiary/aromatic N) is 5. The van der Waals surface area contributed by atoms with E-state index in [4.69, 9.17) is 4.74 Å². The first-order chi connectivity index (χ1) is 12.2. The van der Waals surface area contributed by atoms with E-state index < -0.39 is 0 Å². The lowest BCUT2D eigenvalue weighted by atomic mass is 10.1. The Labute approximate surface area is 146 Å². The second kappa shape index (κ2) is 7.58. The minimum absolute atomic E-state index is 0.488. The lowest BCUT2D eigenvalue weighted by Gasteiger charge is -2.10. The highest BCUT2D eigenvalue weighted by Crippen LogP contribution is 2.23. The van der Waals surface area contributed by atoms with Gasteiger partial charge in [-0.15, -0.1) is 5.10 Å². The highest BCUT2D eigenvalue weighted by atomic mass is 16.5. The maximum absolute atomic E-state index is 9.40. The summed E-state index contributed by atoms with van der Waals surface area (Å²) in [4.78, 5) is 4.00. The number of pyridine rings is 1. The highest BCUT2D eigenvalue weighted by molar-refractivity contribution is 5.57. The van der Waals surface area contributed by atoms with Crippen LogP contribution in [0.3, 0.4) is 0 Å². The van der Waals surface area contributed by atoms with Crippen LogP contribution in [0.5, 0.6) is 5.75 Å². The van der Waals surface area contributed by atoms with Gasteiger partial charge in [-0.3, -0.25) is 4.98 Å². The van der Waals surface area contributed by atoms with Gasteiger partial charge in [-0.25, -0.2) is 4.68 Å². The minimum Gasteiger partial charge on any atom is -0.492 e. The molecule has 0 fully saturated rings. The lowest BCUT2D eigenvalue weighted by molar-refractivity contribution is 0.289. The molecule has 6 nitrogen and oxygen atoms in total. The molecule has 0 amide bonds. The number of hydrogen-bond donors (Lipinski definition) is 0. The van der Waals surface area contributed by atoms with E-state index in [1.54, 1.807) is 23.1 Å². The van der Waals surface area contributed by atoms with Gasteiger partial charge in [0.05, 0.1) is 24.1 Å². The molecule has 25 heavy (non-hydrogen) atoms. The Hall–Kier alpha value is -3.20. The maximum Gasteiger partial charge on any atom is 0.137 e. The van der Waals surface area contributed by atoms with Crippen molar-refractivity contribution >= 4 is 0 Å². The summed E-state index contributed by atoms with van der Waals surface area (Å²) in [6.07, 6.45) is 6.20. The number of rotatable bonds is 6. The summed E-state index contributed by atoms with van der Waals surface area (Å²) in [7, 11) is 0. The lowest BCUT2D eigenvalue weighted by Crippen LogP contribution is -2.03. The smallest absolute Gasteiger partial charge is 0.137 e. The topological polar surface area (TPSA) is 76.6 Å². The van der Waals surface area contributed by atoms with Crippen molar-refractivity contribution < 1.29 is 4.74 Å². The normalized spacial score (nSPS) is 10.6. The first-order valence-corrected chi connectivity index (χ1v) is 8.17. The molecule has 0 saturated carbocycles. The fourth-order valence-corrected chi connectivity index (χ4v) is 2.32. The number of hydrogen-bond acceptors (Lipinski definition) is 5. The molecule has 0 bridgehead atoms. The zero-order valence-electron chi connectivity index (χ0n) is 14.3. The average Bonchev–Trinajstić information content (AvgIpc) is 3.12. The largest absolute Gasteiger partial charge is 0.492 e. The van der Waals surface area contributed by atoms with E-state index in [1.807, 2.05) is 30.5 Å². The number of nitriles is 1. The van der Waals surface area contributed by atoms with Crippen LogP contribution in [0.2, 0.25) is 0 Å². The van der Waals surface area contributed by atoms with Gasteiger partial charge in [0.1, 0.15) is 17.5 Å². The van der Waals surface area contributed by atoms with Gasteiger partial charge >= 0.3 is 0 Å². The molecule has 0 unspecified atom stereocenters. The molecule has 0 radical (unpaired) electrons. The fraction of sp³-hybridized carbons (Fsp3) is 0.263. The van der Waals surface area contributed by atoms with Gasteiger partial charge in [0.15, 0.2) is 0 Å². The predicted molar refractivity (Wildman–Crippen MR) is 94.3 cm³/mol. The number of benzene rings is 1. The maximum atomic E-state index is 9.40. The Balaban J connectivity index is 1.82. The molecule has 6 heteroatoms. The molecule has 0 saturated heterocycles. The van der Waals surface area contributed by atoms with Crippen molar-refractivity contribution in [1.82, 2.24) is 20.0 Å². The summed E-state index contributed by atoms with van der Waals surface area (Å²) in [5, 5.41) is 17.7. The van der Waals surface area contributed by atoms with E-state index in [0.717, 1.165) is 23.4 Å². The van der Waals surface area contributed by atoms with Gasteiger partial charge in [0, 0.05) is 18.0 Å². The van der Waals surface area contributed by atoms with E-state index in [2.05, 4.69) is 35.2 Å². The van der Waals surface area contributed by atoms with Gasteiger partial charge in [0.2, 0.25) is 0 Å². The second-order valence-corrected chi connectivity index (χ2v) is 6.11. The van der Waals surface area contributed by atoms with Gasteiger partial charge in [0.25, 0.3) is 0 Å². The fourth-order valence-electron chi connectivity index (χ4n) is 2.32. The summed E-state index contributed by atoms with van der Waals surface area (Å²) in [6.45, 7) is 4.88. The minimum atomic E-state index is 0.488. The third kappa shape index (κ3) is 4.01. The Morgan fingerprint density at radius 1 is 1.20 bits per heavy atom. The zero-order valence-corrected chi connectivity index (χ0v) is 14.3. The molecule has 0 aliphatic heterocycles. The van der Waals surface area contributed by atoms with Crippen LogP contribution in [0.25, 0.3) is 16.9 Å². The van der Waals surface area contributed by atoms with Crippen LogP contribution < -0.4 is 4.74 Å². The molecule has 0 atom stereocenters. The van der Waals surface area contributed by atoms with Crippen molar-refractivity contribution in [2.24, 2.45) is 5.92 Å². The molecule has 2 aromatic heterocycles. The molecule has 0 N–H and O–H groups in total. The van der Waals surface area contributed by atoms with Crippen LogP contribution in [0.15, 0.2) is 48.9 Å². The first-order valence-electron chi connectivity index (χ1n) is 8.17. The van der Waals surface area contributed by atoms with Crippen LogP contribution in [0.4, 0.5) is 0 Å². The summed E-state index contributed by atoms with van der Waals surface area (Å²) < 4.78 is 7.38. The van der Waals surface area contributed by atoms with Crippen LogP contribution >= 0.6 is 0 Å². The van der Waals surface area contributed by atoms with Crippen molar-refractivity contribution in [2.75, 3.05) is 6.61 Å². The molecular formula is C19H19N5O. The molecule has 0 spiro atoms. The Kier molecular flexibility index (Phi) is 5.05. The van der Waals surface area contributed by atoms with E-state index in [1.165, 1.54) is 0 Å². The third-order valence-electron chi connectivity index (χ3n) is 3.77. The third-order valence-corrected chi connectivity index (χ3v) is 3.77. The molecule has 126 valence electrons. The van der Waals surface area contributed by atoms with E-state index in [9.17, 15) is 5.26 Å². The summed E-state index contributed by atoms with van der Waals surface area (Å²) in [5.41, 5.74) is 2.94. The monoisotopic (exact) mass is 333 g/mol. The molecule has 2 heterocycles. The number of ether oxygens (including phenoxy) is 1. The van der Waals surface area contributed by atoms with Gasteiger partial charge in [-0.05, 0) is 42.7 Å². The molecule has 3 aromatic rings. The molecule has 1 aromatic carbocycles. The first kappa shape index (κ1) is 16.7. The highest BCUT2D eigenvalue weighted by Gasteiger charge is 2.09. The standard InChI is InChI=1S/C19H19N5O/c1-14(2)7-10-25-19-4-3-17(11-16(19)12-20)24-13-18(22-23-24)15-5-8-21-9-6-15/h3-6,8-9,11,13-14H,7,10H2,1-2H3. The summed E-state index contributed by atoms with van der Waals surface area (Å²) in [5.74, 6) is 1.16. The summed E-state index contributed by atoms with van der Waals surface area (Å²) in [6, 6.07) is 11.4. The molecule has 3 rings (SSSR count). The molecular weight excluding hydrogens is 314 g/mol. The molecule has 0 aliphatic rings. The van der Waals surface area contributed by atoms with Crippen molar-refractivity contribution in [3.8, 4) is 28.8 Å². The van der Waals surface area contributed by atoms with Crippen molar-refractivity contribution in [1.29, 1.82) is 5.26 Å². The van der Waals surface area contributed by atoms with E-state index in [-0.39, 0.29) is 0 Å². The van der Waals surface area contributed by atoms with Crippen LogP contribution in [-0.2, 0) is 0 Å². The van der Waals surface area contributed by atoms with Crippen LogP contribution in [0, 0.1) is 17.2 Å². The zero-order chi connectivity index (χ0) is 17.6. The predicted octanol–water partition coefficient (Wildman–Crippen LogP) is 3.63. The van der Waals surface area contributed by atoms with Crippen molar-refractivity contribution in [3.05, 3.63) is 54.5 Å². The number of aromatic nitrogens is 4. The Morgan fingerprint density at radius 3 is 2.72 bits per heavy atom. The molecule has 0 aliphatic carbocycles. The Morgan fingerprint density at radius 2 is 2.00 bits per heavy atom.